The van der Waals surface area contributed by atoms with Crippen molar-refractivity contribution in [1.82, 2.24) is 9.97 Å². The second kappa shape index (κ2) is 4.31. The van der Waals surface area contributed by atoms with Gasteiger partial charge in [-0.05, 0) is 37.1 Å². The van der Waals surface area contributed by atoms with Crippen LogP contribution in [0.25, 0.3) is 11.4 Å². The number of nitrogens with one attached hydrogen (secondary N) is 1. The molecular weight excluding hydrogens is 198 g/mol. The van der Waals surface area contributed by atoms with E-state index in [0.29, 0.717) is 0 Å². The Morgan fingerprint density at radius 1 is 1.06 bits per heavy atom. The molecule has 82 valence electrons. The van der Waals surface area contributed by atoms with E-state index < -0.39 is 0 Å². The highest BCUT2D eigenvalue weighted by molar-refractivity contribution is 5.58. The molecule has 1 N–H and O–H groups in total. The van der Waals surface area contributed by atoms with Gasteiger partial charge < -0.3 is 5.32 Å². The quantitative estimate of drug-likeness (QED) is 0.833. The van der Waals surface area contributed by atoms with Crippen molar-refractivity contribution in [2.75, 3.05) is 12.4 Å². The topological polar surface area (TPSA) is 37.8 Å². The van der Waals surface area contributed by atoms with E-state index in [1.165, 1.54) is 11.1 Å². The Labute approximate surface area is 95.6 Å². The van der Waals surface area contributed by atoms with Crippen molar-refractivity contribution in [3.63, 3.8) is 0 Å². The summed E-state index contributed by atoms with van der Waals surface area (Å²) < 4.78 is 0. The molecule has 0 saturated heterocycles. The Kier molecular flexibility index (Phi) is 2.86. The van der Waals surface area contributed by atoms with Gasteiger partial charge in [0.1, 0.15) is 5.82 Å². The highest BCUT2D eigenvalue weighted by Crippen LogP contribution is 2.19. The third kappa shape index (κ3) is 2.03. The van der Waals surface area contributed by atoms with Crippen LogP contribution in [0.4, 0.5) is 5.82 Å². The van der Waals surface area contributed by atoms with E-state index in [4.69, 9.17) is 0 Å². The smallest absolute Gasteiger partial charge is 0.161 e. The van der Waals surface area contributed by atoms with Gasteiger partial charge in [-0.1, -0.05) is 12.1 Å². The number of rotatable bonds is 2. The van der Waals surface area contributed by atoms with E-state index in [1.807, 2.05) is 13.1 Å². The largest absolute Gasteiger partial charge is 0.373 e. The zero-order valence-electron chi connectivity index (χ0n) is 9.78. The van der Waals surface area contributed by atoms with Gasteiger partial charge in [-0.25, -0.2) is 9.97 Å². The van der Waals surface area contributed by atoms with Gasteiger partial charge >= 0.3 is 0 Å². The van der Waals surface area contributed by atoms with Crippen LogP contribution in [-0.4, -0.2) is 17.0 Å². The van der Waals surface area contributed by atoms with Crippen LogP contribution >= 0.6 is 0 Å². The molecule has 3 nitrogen and oxygen atoms in total. The van der Waals surface area contributed by atoms with Gasteiger partial charge in [0.15, 0.2) is 5.82 Å². The molecule has 0 atom stereocenters. The van der Waals surface area contributed by atoms with Gasteiger partial charge in [-0.2, -0.15) is 0 Å². The molecule has 0 fully saturated rings. The summed E-state index contributed by atoms with van der Waals surface area (Å²) in [4.78, 5) is 8.69. The number of hydrogen-bond donors (Lipinski definition) is 1. The van der Waals surface area contributed by atoms with Crippen LogP contribution in [0.2, 0.25) is 0 Å². The molecule has 0 amide bonds. The van der Waals surface area contributed by atoms with Gasteiger partial charge in [0.05, 0.1) is 0 Å². The number of hydrogen-bond acceptors (Lipinski definition) is 3. The number of aryl methyl sites for hydroxylation is 2. The van der Waals surface area contributed by atoms with E-state index >= 15 is 0 Å². The summed E-state index contributed by atoms with van der Waals surface area (Å²) in [7, 11) is 1.85. The van der Waals surface area contributed by atoms with Crippen molar-refractivity contribution >= 4 is 5.82 Å². The molecule has 0 radical (unpaired) electrons. The fourth-order valence-electron chi connectivity index (χ4n) is 1.52. The first-order valence-electron chi connectivity index (χ1n) is 5.29. The van der Waals surface area contributed by atoms with E-state index in [0.717, 1.165) is 17.2 Å². The second-order valence-electron chi connectivity index (χ2n) is 3.81. The van der Waals surface area contributed by atoms with E-state index in [-0.39, 0.29) is 0 Å². The van der Waals surface area contributed by atoms with Crippen molar-refractivity contribution in [2.24, 2.45) is 0 Å². The summed E-state index contributed by atoms with van der Waals surface area (Å²) in [6.07, 6.45) is 1.77. The lowest BCUT2D eigenvalue weighted by molar-refractivity contribution is 1.16. The molecule has 1 aromatic heterocycles. The van der Waals surface area contributed by atoms with Gasteiger partial charge in [-0.15, -0.1) is 0 Å². The Morgan fingerprint density at radius 2 is 1.88 bits per heavy atom. The zero-order chi connectivity index (χ0) is 11.5. The Morgan fingerprint density at radius 3 is 2.56 bits per heavy atom. The first-order chi connectivity index (χ1) is 7.70. The maximum absolute atomic E-state index is 4.41. The lowest BCUT2D eigenvalue weighted by Gasteiger charge is -2.05. The van der Waals surface area contributed by atoms with Gasteiger partial charge in [0.2, 0.25) is 0 Å². The van der Waals surface area contributed by atoms with Crippen LogP contribution < -0.4 is 5.32 Å². The minimum atomic E-state index is 0.759. The summed E-state index contributed by atoms with van der Waals surface area (Å²) in [6.45, 7) is 4.20. The fourth-order valence-corrected chi connectivity index (χ4v) is 1.52. The van der Waals surface area contributed by atoms with Crippen LogP contribution in [0.5, 0.6) is 0 Å². The van der Waals surface area contributed by atoms with Crippen LogP contribution in [0.15, 0.2) is 30.5 Å². The summed E-state index contributed by atoms with van der Waals surface area (Å²) >= 11 is 0. The maximum Gasteiger partial charge on any atom is 0.161 e. The summed E-state index contributed by atoms with van der Waals surface area (Å²) in [5.74, 6) is 1.60. The average Bonchev–Trinajstić information content (AvgIpc) is 2.33. The van der Waals surface area contributed by atoms with Gasteiger partial charge in [0, 0.05) is 18.8 Å². The van der Waals surface area contributed by atoms with Gasteiger partial charge in [0.25, 0.3) is 0 Å². The van der Waals surface area contributed by atoms with Gasteiger partial charge in [-0.3, -0.25) is 0 Å². The Hall–Kier alpha value is -1.90. The first kappa shape index (κ1) is 10.6. The molecule has 0 aliphatic rings. The Bertz CT molecular complexity index is 506. The minimum absolute atomic E-state index is 0.759. The maximum atomic E-state index is 4.41. The SMILES string of the molecule is CNc1ccnc(-c2ccc(C)c(C)c2)n1. The lowest BCUT2D eigenvalue weighted by atomic mass is 10.1. The Balaban J connectivity index is 2.46. The summed E-state index contributed by atoms with van der Waals surface area (Å²) in [5.41, 5.74) is 3.60. The predicted molar refractivity (Wildman–Crippen MR) is 66.5 cm³/mol. The highest BCUT2D eigenvalue weighted by Gasteiger charge is 2.03. The number of nitrogens with zero attached hydrogens (tertiary/aromatic N) is 2. The van der Waals surface area contributed by atoms with Crippen LogP contribution in [-0.2, 0) is 0 Å². The average molecular weight is 213 g/mol. The predicted octanol–water partition coefficient (Wildman–Crippen LogP) is 2.80. The second-order valence-corrected chi connectivity index (χ2v) is 3.81. The molecule has 0 unspecified atom stereocenters. The number of aromatic nitrogens is 2. The molecular formula is C13H15N3. The van der Waals surface area contributed by atoms with Crippen molar-refractivity contribution < 1.29 is 0 Å². The zero-order valence-corrected chi connectivity index (χ0v) is 9.78. The molecule has 0 aliphatic carbocycles. The fraction of sp³-hybridized carbons (Fsp3) is 0.231. The first-order valence-corrected chi connectivity index (χ1v) is 5.29. The van der Waals surface area contributed by atoms with Crippen molar-refractivity contribution in [3.05, 3.63) is 41.6 Å². The molecule has 1 heterocycles. The normalized spacial score (nSPS) is 10.2. The summed E-state index contributed by atoms with van der Waals surface area (Å²) in [6, 6.07) is 8.12. The third-order valence-corrected chi connectivity index (χ3v) is 2.68. The van der Waals surface area contributed by atoms with Crippen molar-refractivity contribution in [1.29, 1.82) is 0 Å². The lowest BCUT2D eigenvalue weighted by Crippen LogP contribution is -1.96. The molecule has 0 aliphatic heterocycles. The molecule has 2 aromatic rings. The van der Waals surface area contributed by atoms with Crippen LogP contribution in [0.3, 0.4) is 0 Å². The van der Waals surface area contributed by atoms with E-state index in [2.05, 4.69) is 47.3 Å². The third-order valence-electron chi connectivity index (χ3n) is 2.68. The monoisotopic (exact) mass is 213 g/mol. The molecule has 2 rings (SSSR count). The molecule has 3 heteroatoms. The van der Waals surface area contributed by atoms with Crippen molar-refractivity contribution in [2.45, 2.75) is 13.8 Å². The molecule has 0 bridgehead atoms. The standard InChI is InChI=1S/C13H15N3/c1-9-4-5-11(8-10(9)2)13-15-7-6-12(14-3)16-13/h4-8H,1-3H3,(H,14,15,16). The number of benzene rings is 1. The molecule has 16 heavy (non-hydrogen) atoms. The highest BCUT2D eigenvalue weighted by atomic mass is 15.0. The van der Waals surface area contributed by atoms with E-state index in [9.17, 15) is 0 Å². The molecule has 0 spiro atoms. The molecule has 1 aromatic carbocycles. The van der Waals surface area contributed by atoms with Crippen LogP contribution in [0, 0.1) is 13.8 Å². The molecule has 0 saturated carbocycles. The van der Waals surface area contributed by atoms with Crippen molar-refractivity contribution in [3.8, 4) is 11.4 Å². The van der Waals surface area contributed by atoms with E-state index in [1.54, 1.807) is 6.20 Å². The van der Waals surface area contributed by atoms with Crippen LogP contribution in [0.1, 0.15) is 11.1 Å². The number of anilines is 1. The summed E-state index contributed by atoms with van der Waals surface area (Å²) in [5, 5.41) is 3.01. The minimum Gasteiger partial charge on any atom is -0.373 e.